The lowest BCUT2D eigenvalue weighted by Crippen LogP contribution is -2.49. The van der Waals surface area contributed by atoms with Crippen LogP contribution in [0.3, 0.4) is 0 Å². The number of ether oxygens (including phenoxy) is 1. The van der Waals surface area contributed by atoms with Crippen LogP contribution in [-0.2, 0) is 14.3 Å². The quantitative estimate of drug-likeness (QED) is 0.752. The molecule has 1 heterocycles. The van der Waals surface area contributed by atoms with Crippen molar-refractivity contribution in [2.45, 2.75) is 26.9 Å². The number of carboxylic acids is 1. The first-order valence-corrected chi connectivity index (χ1v) is 6.78. The van der Waals surface area contributed by atoms with Gasteiger partial charge in [-0.1, -0.05) is 13.8 Å². The number of nitrogens with zero attached hydrogens (tertiary/aromatic N) is 2. The third-order valence-corrected chi connectivity index (χ3v) is 3.35. The molecule has 1 saturated heterocycles. The zero-order valence-electron chi connectivity index (χ0n) is 12.0. The molecule has 0 aromatic heterocycles. The molecule has 0 aliphatic carbocycles. The zero-order chi connectivity index (χ0) is 14.4. The third kappa shape index (κ3) is 5.16. The Morgan fingerprint density at radius 2 is 2.21 bits per heavy atom. The second-order valence-electron chi connectivity index (χ2n) is 5.09. The van der Waals surface area contributed by atoms with Gasteiger partial charge in [0.15, 0.2) is 0 Å². The van der Waals surface area contributed by atoms with Gasteiger partial charge in [-0.05, 0) is 13.5 Å². The first-order chi connectivity index (χ1) is 8.93. The minimum atomic E-state index is -0.828. The highest BCUT2D eigenvalue weighted by Crippen LogP contribution is 2.06. The number of amides is 1. The van der Waals surface area contributed by atoms with Crippen molar-refractivity contribution in [1.29, 1.82) is 0 Å². The van der Waals surface area contributed by atoms with Crippen molar-refractivity contribution < 1.29 is 19.4 Å². The predicted octanol–water partition coefficient (Wildman–Crippen LogP) is 0.276. The van der Waals surface area contributed by atoms with Crippen LogP contribution >= 0.6 is 0 Å². The van der Waals surface area contributed by atoms with Crippen LogP contribution in [0, 0.1) is 5.92 Å². The van der Waals surface area contributed by atoms with E-state index in [0.717, 1.165) is 0 Å². The number of hydrogen-bond acceptors (Lipinski definition) is 4. The Balaban J connectivity index is 2.46. The summed E-state index contributed by atoms with van der Waals surface area (Å²) in [5, 5.41) is 8.91. The second kappa shape index (κ2) is 7.45. The molecular weight excluding hydrogens is 248 g/mol. The third-order valence-electron chi connectivity index (χ3n) is 3.35. The van der Waals surface area contributed by atoms with Gasteiger partial charge in [-0.2, -0.15) is 0 Å². The van der Waals surface area contributed by atoms with Gasteiger partial charge >= 0.3 is 5.97 Å². The lowest BCUT2D eigenvalue weighted by atomic mass is 10.1. The summed E-state index contributed by atoms with van der Waals surface area (Å²) in [6.45, 7) is 8.70. The predicted molar refractivity (Wildman–Crippen MR) is 70.9 cm³/mol. The van der Waals surface area contributed by atoms with Crippen molar-refractivity contribution >= 4 is 11.9 Å². The van der Waals surface area contributed by atoms with Crippen LogP contribution in [0.25, 0.3) is 0 Å². The molecule has 1 fully saturated rings. The maximum Gasteiger partial charge on any atom is 0.307 e. The van der Waals surface area contributed by atoms with Crippen LogP contribution in [0.1, 0.15) is 20.8 Å². The van der Waals surface area contributed by atoms with E-state index in [1.54, 1.807) is 11.8 Å². The SMILES string of the molecule is CCN(CC(=O)N1CCOC(C)C1)CC(C)C(=O)O. The van der Waals surface area contributed by atoms with Gasteiger partial charge in [0.25, 0.3) is 0 Å². The molecule has 2 atom stereocenters. The second-order valence-corrected chi connectivity index (χ2v) is 5.09. The fourth-order valence-corrected chi connectivity index (χ4v) is 2.11. The van der Waals surface area contributed by atoms with Gasteiger partial charge in [-0.25, -0.2) is 0 Å². The number of rotatable bonds is 6. The van der Waals surface area contributed by atoms with Crippen molar-refractivity contribution in [2.75, 3.05) is 39.3 Å². The van der Waals surface area contributed by atoms with Crippen molar-refractivity contribution in [3.63, 3.8) is 0 Å². The molecule has 2 unspecified atom stereocenters. The Morgan fingerprint density at radius 3 is 2.74 bits per heavy atom. The van der Waals surface area contributed by atoms with Gasteiger partial charge in [0, 0.05) is 19.6 Å². The molecule has 6 heteroatoms. The van der Waals surface area contributed by atoms with E-state index in [4.69, 9.17) is 9.84 Å². The number of carboxylic acid groups (broad SMARTS) is 1. The summed E-state index contributed by atoms with van der Waals surface area (Å²) in [5.41, 5.74) is 0. The van der Waals surface area contributed by atoms with Crippen LogP contribution in [0.15, 0.2) is 0 Å². The summed E-state index contributed by atoms with van der Waals surface area (Å²) in [7, 11) is 0. The van der Waals surface area contributed by atoms with Crippen molar-refractivity contribution in [3.8, 4) is 0 Å². The molecular formula is C13H24N2O4. The van der Waals surface area contributed by atoms with Crippen LogP contribution in [0.4, 0.5) is 0 Å². The Bertz CT molecular complexity index is 322. The fourth-order valence-electron chi connectivity index (χ4n) is 2.11. The minimum Gasteiger partial charge on any atom is -0.481 e. The number of morpholine rings is 1. The molecule has 110 valence electrons. The topological polar surface area (TPSA) is 70.1 Å². The number of carbonyl (C=O) groups is 2. The van der Waals surface area contributed by atoms with Gasteiger partial charge in [-0.3, -0.25) is 14.5 Å². The van der Waals surface area contributed by atoms with Crippen molar-refractivity contribution in [1.82, 2.24) is 9.80 Å². The highest BCUT2D eigenvalue weighted by molar-refractivity contribution is 5.78. The Labute approximate surface area is 114 Å². The average Bonchev–Trinajstić information content (AvgIpc) is 2.37. The molecule has 0 aromatic rings. The number of carbonyl (C=O) groups excluding carboxylic acids is 1. The molecule has 0 radical (unpaired) electrons. The summed E-state index contributed by atoms with van der Waals surface area (Å²) in [4.78, 5) is 26.7. The minimum absolute atomic E-state index is 0.0505. The van der Waals surface area contributed by atoms with Crippen LogP contribution in [-0.4, -0.2) is 72.2 Å². The Kier molecular flexibility index (Phi) is 6.24. The molecule has 1 aliphatic rings. The lowest BCUT2D eigenvalue weighted by Gasteiger charge is -2.33. The molecule has 19 heavy (non-hydrogen) atoms. The highest BCUT2D eigenvalue weighted by Gasteiger charge is 2.24. The number of hydrogen-bond donors (Lipinski definition) is 1. The van der Waals surface area contributed by atoms with Gasteiger partial charge in [0.2, 0.25) is 5.91 Å². The monoisotopic (exact) mass is 272 g/mol. The standard InChI is InChI=1S/C13H24N2O4/c1-4-14(7-10(2)13(17)18)9-12(16)15-5-6-19-11(3)8-15/h10-11H,4-9H2,1-3H3,(H,17,18). The van der Waals surface area contributed by atoms with E-state index in [9.17, 15) is 9.59 Å². The summed E-state index contributed by atoms with van der Waals surface area (Å²) in [6, 6.07) is 0. The number of likely N-dealkylation sites (N-methyl/N-ethyl adjacent to an activating group) is 1. The van der Waals surface area contributed by atoms with E-state index >= 15 is 0 Å². The van der Waals surface area contributed by atoms with Gasteiger partial charge < -0.3 is 14.7 Å². The molecule has 6 nitrogen and oxygen atoms in total. The zero-order valence-corrected chi connectivity index (χ0v) is 12.0. The molecule has 1 aliphatic heterocycles. The van der Waals surface area contributed by atoms with E-state index in [1.807, 2.05) is 18.7 Å². The van der Waals surface area contributed by atoms with E-state index < -0.39 is 11.9 Å². The average molecular weight is 272 g/mol. The molecule has 1 rings (SSSR count). The maximum absolute atomic E-state index is 12.1. The first-order valence-electron chi connectivity index (χ1n) is 6.78. The molecule has 1 N–H and O–H groups in total. The molecule has 0 spiro atoms. The van der Waals surface area contributed by atoms with E-state index in [1.165, 1.54) is 0 Å². The summed E-state index contributed by atoms with van der Waals surface area (Å²) in [5.74, 6) is -1.24. The molecule has 0 aromatic carbocycles. The lowest BCUT2D eigenvalue weighted by molar-refractivity contribution is -0.144. The van der Waals surface area contributed by atoms with Crippen LogP contribution in [0.5, 0.6) is 0 Å². The van der Waals surface area contributed by atoms with Crippen molar-refractivity contribution in [2.24, 2.45) is 5.92 Å². The molecule has 0 saturated carbocycles. The smallest absolute Gasteiger partial charge is 0.307 e. The summed E-state index contributed by atoms with van der Waals surface area (Å²) in [6.07, 6.45) is 0.0747. The Hall–Kier alpha value is -1.14. The van der Waals surface area contributed by atoms with Gasteiger partial charge in [0.1, 0.15) is 0 Å². The Morgan fingerprint density at radius 1 is 1.53 bits per heavy atom. The highest BCUT2D eigenvalue weighted by atomic mass is 16.5. The number of aliphatic carboxylic acids is 1. The van der Waals surface area contributed by atoms with E-state index in [0.29, 0.717) is 32.8 Å². The van der Waals surface area contributed by atoms with Crippen LogP contribution < -0.4 is 0 Å². The van der Waals surface area contributed by atoms with E-state index in [2.05, 4.69) is 0 Å². The van der Waals surface area contributed by atoms with Gasteiger partial charge in [-0.15, -0.1) is 0 Å². The normalized spacial score (nSPS) is 21.5. The molecule has 0 bridgehead atoms. The van der Waals surface area contributed by atoms with Crippen molar-refractivity contribution in [3.05, 3.63) is 0 Å². The molecule has 1 amide bonds. The summed E-state index contributed by atoms with van der Waals surface area (Å²) >= 11 is 0. The van der Waals surface area contributed by atoms with Crippen LogP contribution in [0.2, 0.25) is 0 Å². The fraction of sp³-hybridized carbons (Fsp3) is 0.846. The maximum atomic E-state index is 12.1. The van der Waals surface area contributed by atoms with E-state index in [-0.39, 0.29) is 18.6 Å². The van der Waals surface area contributed by atoms with Gasteiger partial charge in [0.05, 0.1) is 25.2 Å². The largest absolute Gasteiger partial charge is 0.481 e. The first kappa shape index (κ1) is 15.9. The summed E-state index contributed by atoms with van der Waals surface area (Å²) < 4.78 is 5.40.